The molecule has 4 N–H and O–H groups in total. The van der Waals surface area contributed by atoms with Crippen LogP contribution in [0.25, 0.3) is 0 Å². The smallest absolute Gasteiger partial charge is 0.327 e. The second kappa shape index (κ2) is 11.0. The average Bonchev–Trinajstić information content (AvgIpc) is 3.53. The standard InChI is InChI=1S/C25H25N5O7/c26-20(8-15-4-2-1-3-5-15)24(32)29(21(25(33)34)10-17-12-27-14-28-17)23(31)9-16-13-37-22-7-6-18(30(35)36)11-19(16)22/h1-7,11-12,14,16,20-21H,8-10,13,26H2,(H,27,28)(H,33,34). The number of carboxylic acid groups (broad SMARTS) is 1. The van der Waals surface area contributed by atoms with Crippen LogP contribution >= 0.6 is 0 Å². The third-order valence-corrected chi connectivity index (χ3v) is 6.18. The number of rotatable bonds is 10. The van der Waals surface area contributed by atoms with Crippen molar-refractivity contribution in [2.24, 2.45) is 5.73 Å². The zero-order valence-corrected chi connectivity index (χ0v) is 19.6. The fourth-order valence-corrected chi connectivity index (χ4v) is 4.33. The van der Waals surface area contributed by atoms with Gasteiger partial charge in [0.05, 0.1) is 29.6 Å². The van der Waals surface area contributed by atoms with E-state index in [9.17, 15) is 29.6 Å². The number of nitro benzene ring substituents is 1. The third-order valence-electron chi connectivity index (χ3n) is 6.18. The van der Waals surface area contributed by atoms with E-state index in [4.69, 9.17) is 10.5 Å². The molecule has 0 radical (unpaired) electrons. The summed E-state index contributed by atoms with van der Waals surface area (Å²) in [5, 5.41) is 21.2. The van der Waals surface area contributed by atoms with E-state index >= 15 is 0 Å². The minimum absolute atomic E-state index is 0.0530. The van der Waals surface area contributed by atoms with E-state index in [1.807, 2.05) is 6.07 Å². The monoisotopic (exact) mass is 507 g/mol. The molecule has 1 aromatic heterocycles. The van der Waals surface area contributed by atoms with E-state index in [-0.39, 0.29) is 31.6 Å². The van der Waals surface area contributed by atoms with Crippen molar-refractivity contribution in [1.29, 1.82) is 0 Å². The van der Waals surface area contributed by atoms with Crippen LogP contribution < -0.4 is 10.5 Å². The number of hydrogen-bond acceptors (Lipinski definition) is 8. The normalized spacial score (nSPS) is 15.8. The van der Waals surface area contributed by atoms with Gasteiger partial charge in [-0.1, -0.05) is 30.3 Å². The number of nitrogens with one attached hydrogen (secondary N) is 1. The van der Waals surface area contributed by atoms with E-state index in [2.05, 4.69) is 9.97 Å². The number of carbonyl (C=O) groups excluding carboxylic acids is 2. The maximum Gasteiger partial charge on any atom is 0.327 e. The number of carbonyl (C=O) groups is 3. The van der Waals surface area contributed by atoms with Gasteiger partial charge in [-0.3, -0.25) is 24.6 Å². The van der Waals surface area contributed by atoms with Crippen LogP contribution in [-0.2, 0) is 27.2 Å². The molecule has 37 heavy (non-hydrogen) atoms. The molecule has 192 valence electrons. The summed E-state index contributed by atoms with van der Waals surface area (Å²) in [4.78, 5) is 57.5. The second-order valence-electron chi connectivity index (χ2n) is 8.71. The number of fused-ring (bicyclic) bond motifs is 1. The third kappa shape index (κ3) is 5.81. The zero-order valence-electron chi connectivity index (χ0n) is 19.6. The van der Waals surface area contributed by atoms with Crippen LogP contribution in [0.15, 0.2) is 61.1 Å². The van der Waals surface area contributed by atoms with Gasteiger partial charge in [0.2, 0.25) is 11.8 Å². The highest BCUT2D eigenvalue weighted by molar-refractivity contribution is 6.01. The first-order valence-electron chi connectivity index (χ1n) is 11.5. The van der Waals surface area contributed by atoms with Gasteiger partial charge in [-0.05, 0) is 18.1 Å². The SMILES string of the molecule is NC(Cc1ccccc1)C(=O)N(C(=O)CC1COc2ccc([N+](=O)[O-])cc21)C(Cc1c[nH]cn1)C(=O)O. The van der Waals surface area contributed by atoms with E-state index < -0.39 is 40.7 Å². The van der Waals surface area contributed by atoms with Crippen molar-refractivity contribution in [2.45, 2.75) is 37.3 Å². The van der Waals surface area contributed by atoms with Crippen molar-refractivity contribution in [3.63, 3.8) is 0 Å². The molecule has 12 nitrogen and oxygen atoms in total. The summed E-state index contributed by atoms with van der Waals surface area (Å²) in [5.74, 6) is -3.22. The number of nitrogens with zero attached hydrogens (tertiary/aromatic N) is 3. The number of imidazole rings is 1. The van der Waals surface area contributed by atoms with Crippen LogP contribution in [0.5, 0.6) is 5.75 Å². The number of imide groups is 1. The van der Waals surface area contributed by atoms with Gasteiger partial charge < -0.3 is 20.6 Å². The van der Waals surface area contributed by atoms with E-state index in [0.717, 1.165) is 5.56 Å². The summed E-state index contributed by atoms with van der Waals surface area (Å²) in [6, 6.07) is 10.3. The first-order chi connectivity index (χ1) is 17.7. The summed E-state index contributed by atoms with van der Waals surface area (Å²) in [6.45, 7) is 0.0530. The molecule has 1 aliphatic rings. The number of aromatic nitrogens is 2. The quantitative estimate of drug-likeness (QED) is 0.272. The molecule has 3 aromatic rings. The number of H-pyrrole nitrogens is 1. The number of amides is 2. The first kappa shape index (κ1) is 25.5. The summed E-state index contributed by atoms with van der Waals surface area (Å²) in [6.07, 6.45) is 2.41. The predicted molar refractivity (Wildman–Crippen MR) is 130 cm³/mol. The number of hydrogen-bond donors (Lipinski definition) is 3. The van der Waals surface area contributed by atoms with Crippen LogP contribution in [0.1, 0.15) is 29.2 Å². The lowest BCUT2D eigenvalue weighted by atomic mass is 9.95. The number of nitro groups is 1. The molecule has 0 bridgehead atoms. The molecule has 12 heteroatoms. The number of aromatic amines is 1. The Balaban J connectivity index is 1.62. The number of nitrogens with two attached hydrogens (primary N) is 1. The molecule has 2 heterocycles. The molecule has 3 unspecified atom stereocenters. The maximum absolute atomic E-state index is 13.6. The van der Waals surface area contributed by atoms with Crippen molar-refractivity contribution >= 4 is 23.5 Å². The maximum atomic E-state index is 13.6. The Bertz CT molecular complexity index is 1300. The van der Waals surface area contributed by atoms with Crippen molar-refractivity contribution in [3.05, 3.63) is 88.0 Å². The van der Waals surface area contributed by atoms with Crippen molar-refractivity contribution in [1.82, 2.24) is 14.9 Å². The molecule has 2 amide bonds. The number of aliphatic carboxylic acids is 1. The molecular weight excluding hydrogens is 482 g/mol. The molecule has 3 atom stereocenters. The Hall–Kier alpha value is -4.58. The van der Waals surface area contributed by atoms with E-state index in [0.29, 0.717) is 21.9 Å². The lowest BCUT2D eigenvalue weighted by Gasteiger charge is -2.30. The Morgan fingerprint density at radius 3 is 2.62 bits per heavy atom. The van der Waals surface area contributed by atoms with Gasteiger partial charge in [-0.2, -0.15) is 0 Å². The molecule has 0 saturated heterocycles. The Morgan fingerprint density at radius 2 is 1.97 bits per heavy atom. The second-order valence-corrected chi connectivity index (χ2v) is 8.71. The first-order valence-corrected chi connectivity index (χ1v) is 11.5. The van der Waals surface area contributed by atoms with Crippen molar-refractivity contribution < 1.29 is 29.2 Å². The molecule has 0 aliphatic carbocycles. The van der Waals surface area contributed by atoms with Gasteiger partial charge in [0.1, 0.15) is 11.8 Å². The van der Waals surface area contributed by atoms with Gasteiger partial charge in [-0.15, -0.1) is 0 Å². The van der Waals surface area contributed by atoms with Crippen LogP contribution in [0.2, 0.25) is 0 Å². The topological polar surface area (TPSA) is 182 Å². The highest BCUT2D eigenvalue weighted by Gasteiger charge is 2.39. The Labute approximate surface area is 211 Å². The van der Waals surface area contributed by atoms with Gasteiger partial charge in [-0.25, -0.2) is 9.78 Å². The molecule has 0 saturated carbocycles. The number of ether oxygens (including phenoxy) is 1. The molecule has 0 fully saturated rings. The van der Waals surface area contributed by atoms with Gasteiger partial charge in [0, 0.05) is 42.7 Å². The van der Waals surface area contributed by atoms with Crippen molar-refractivity contribution in [2.75, 3.05) is 6.61 Å². The minimum Gasteiger partial charge on any atom is -0.493 e. The molecule has 2 aromatic carbocycles. The van der Waals surface area contributed by atoms with Gasteiger partial charge in [0.25, 0.3) is 5.69 Å². The number of benzene rings is 2. The number of carboxylic acids is 1. The fourth-order valence-electron chi connectivity index (χ4n) is 4.33. The van der Waals surface area contributed by atoms with Crippen molar-refractivity contribution in [3.8, 4) is 5.75 Å². The van der Waals surface area contributed by atoms with E-state index in [1.54, 1.807) is 24.3 Å². The molecule has 0 spiro atoms. The highest BCUT2D eigenvalue weighted by atomic mass is 16.6. The van der Waals surface area contributed by atoms with Crippen LogP contribution in [0.3, 0.4) is 0 Å². The largest absolute Gasteiger partial charge is 0.493 e. The van der Waals surface area contributed by atoms with Gasteiger partial charge >= 0.3 is 5.97 Å². The molecular formula is C25H25N5O7. The average molecular weight is 508 g/mol. The summed E-state index contributed by atoms with van der Waals surface area (Å²) in [5.41, 5.74) is 7.56. The zero-order chi connectivity index (χ0) is 26.5. The Kier molecular flexibility index (Phi) is 7.58. The summed E-state index contributed by atoms with van der Waals surface area (Å²) < 4.78 is 5.57. The van der Waals surface area contributed by atoms with Gasteiger partial charge in [0.15, 0.2) is 0 Å². The highest BCUT2D eigenvalue weighted by Crippen LogP contribution is 2.38. The van der Waals surface area contributed by atoms with E-state index in [1.165, 1.54) is 30.7 Å². The van der Waals surface area contributed by atoms with Crippen LogP contribution in [0, 0.1) is 10.1 Å². The Morgan fingerprint density at radius 1 is 1.22 bits per heavy atom. The van der Waals surface area contributed by atoms with Crippen LogP contribution in [0.4, 0.5) is 5.69 Å². The van der Waals surface area contributed by atoms with Crippen LogP contribution in [-0.4, -0.2) is 61.4 Å². The molecule has 1 aliphatic heterocycles. The predicted octanol–water partition coefficient (Wildman–Crippen LogP) is 1.81. The molecule has 4 rings (SSSR count). The summed E-state index contributed by atoms with van der Waals surface area (Å²) in [7, 11) is 0. The summed E-state index contributed by atoms with van der Waals surface area (Å²) >= 11 is 0. The minimum atomic E-state index is -1.56. The fraction of sp³-hybridized carbons (Fsp3) is 0.280. The lowest BCUT2D eigenvalue weighted by molar-refractivity contribution is -0.384. The lowest BCUT2D eigenvalue weighted by Crippen LogP contribution is -2.55. The number of non-ortho nitro benzene ring substituents is 1.